The van der Waals surface area contributed by atoms with Gasteiger partial charge in [-0.25, -0.2) is 9.67 Å². The molecule has 0 saturated carbocycles. The van der Waals surface area contributed by atoms with E-state index in [-0.39, 0.29) is 0 Å². The van der Waals surface area contributed by atoms with Crippen molar-refractivity contribution in [2.24, 2.45) is 0 Å². The third-order valence-electron chi connectivity index (χ3n) is 2.96. The molecular weight excluding hydrogens is 272 g/mol. The molecule has 0 radical (unpaired) electrons. The molecule has 0 aliphatic carbocycles. The Morgan fingerprint density at radius 3 is 2.40 bits per heavy atom. The van der Waals surface area contributed by atoms with E-state index in [1.165, 1.54) is 0 Å². The van der Waals surface area contributed by atoms with Gasteiger partial charge in [0.15, 0.2) is 5.82 Å². The van der Waals surface area contributed by atoms with Gasteiger partial charge in [0, 0.05) is 16.3 Å². The number of nitrogens with zero attached hydrogens (tertiary/aromatic N) is 3. The Bertz CT molecular complexity index is 701. The zero-order chi connectivity index (χ0) is 13.9. The fourth-order valence-electron chi connectivity index (χ4n) is 1.91. The van der Waals surface area contributed by atoms with Crippen molar-refractivity contribution >= 4 is 17.3 Å². The van der Waals surface area contributed by atoms with Crippen molar-refractivity contribution in [1.82, 2.24) is 14.8 Å². The van der Waals surface area contributed by atoms with Gasteiger partial charge in [-0.15, -0.1) is 0 Å². The average Bonchev–Trinajstić information content (AvgIpc) is 2.91. The monoisotopic (exact) mass is 284 g/mol. The molecule has 0 fully saturated rings. The fourth-order valence-corrected chi connectivity index (χ4v) is 2.04. The third-order valence-corrected chi connectivity index (χ3v) is 3.22. The number of rotatable bonds is 3. The topological polar surface area (TPSA) is 56.7 Å². The fraction of sp³-hybridized carbons (Fsp3) is 0.0667. The van der Waals surface area contributed by atoms with Crippen LogP contribution in [0.5, 0.6) is 0 Å². The van der Waals surface area contributed by atoms with Crippen LogP contribution in [0.25, 0.3) is 11.4 Å². The molecule has 0 aliphatic rings. The Kier molecular flexibility index (Phi) is 3.39. The Balaban J connectivity index is 1.80. The van der Waals surface area contributed by atoms with E-state index in [1.54, 1.807) is 11.0 Å². The smallest absolute Gasteiger partial charge is 0.181 e. The van der Waals surface area contributed by atoms with Crippen LogP contribution >= 0.6 is 11.6 Å². The first-order valence-electron chi connectivity index (χ1n) is 6.20. The van der Waals surface area contributed by atoms with Gasteiger partial charge in [0.25, 0.3) is 0 Å². The van der Waals surface area contributed by atoms with Crippen molar-refractivity contribution in [3.63, 3.8) is 0 Å². The molecular formula is C15H13ClN4. The molecule has 0 unspecified atom stereocenters. The summed E-state index contributed by atoms with van der Waals surface area (Å²) in [7, 11) is 0. The number of halogens is 1. The standard InChI is InChI=1S/C15H13ClN4/c16-13-5-1-11(2-6-13)9-20-10-18-15(19-20)12-3-7-14(17)8-4-12/h1-8,10H,9,17H2. The largest absolute Gasteiger partial charge is 0.399 e. The molecule has 0 saturated heterocycles. The van der Waals surface area contributed by atoms with E-state index in [4.69, 9.17) is 17.3 Å². The maximum Gasteiger partial charge on any atom is 0.181 e. The molecule has 20 heavy (non-hydrogen) atoms. The van der Waals surface area contributed by atoms with Crippen molar-refractivity contribution < 1.29 is 0 Å². The first-order valence-corrected chi connectivity index (χ1v) is 6.58. The van der Waals surface area contributed by atoms with Crippen LogP contribution in [0.4, 0.5) is 5.69 Å². The van der Waals surface area contributed by atoms with Gasteiger partial charge in [0.2, 0.25) is 0 Å². The predicted molar refractivity (Wildman–Crippen MR) is 80.4 cm³/mol. The van der Waals surface area contributed by atoms with E-state index in [0.717, 1.165) is 21.8 Å². The summed E-state index contributed by atoms with van der Waals surface area (Å²) in [6, 6.07) is 15.2. The van der Waals surface area contributed by atoms with Gasteiger partial charge in [-0.05, 0) is 42.0 Å². The van der Waals surface area contributed by atoms with Crippen molar-refractivity contribution in [3.05, 3.63) is 65.4 Å². The van der Waals surface area contributed by atoms with Crippen LogP contribution in [-0.2, 0) is 6.54 Å². The molecule has 0 spiro atoms. The zero-order valence-electron chi connectivity index (χ0n) is 10.7. The van der Waals surface area contributed by atoms with E-state index in [0.29, 0.717) is 12.4 Å². The first-order chi connectivity index (χ1) is 9.70. The van der Waals surface area contributed by atoms with Gasteiger partial charge < -0.3 is 5.73 Å². The summed E-state index contributed by atoms with van der Waals surface area (Å²) in [5, 5.41) is 5.19. The predicted octanol–water partition coefficient (Wildman–Crippen LogP) is 3.23. The minimum Gasteiger partial charge on any atom is -0.399 e. The summed E-state index contributed by atoms with van der Waals surface area (Å²) < 4.78 is 1.80. The Labute approximate surface area is 121 Å². The third kappa shape index (κ3) is 2.81. The lowest BCUT2D eigenvalue weighted by molar-refractivity contribution is 0.687. The molecule has 0 bridgehead atoms. The van der Waals surface area contributed by atoms with Gasteiger partial charge in [-0.2, -0.15) is 5.10 Å². The summed E-state index contributed by atoms with van der Waals surface area (Å²) in [4.78, 5) is 4.31. The summed E-state index contributed by atoms with van der Waals surface area (Å²) in [5.41, 5.74) is 8.48. The molecule has 1 aromatic heterocycles. The van der Waals surface area contributed by atoms with Crippen LogP contribution in [-0.4, -0.2) is 14.8 Å². The second-order valence-corrected chi connectivity index (χ2v) is 4.95. The number of nitrogens with two attached hydrogens (primary N) is 1. The van der Waals surface area contributed by atoms with Crippen molar-refractivity contribution in [1.29, 1.82) is 0 Å². The number of nitrogen functional groups attached to an aromatic ring is 1. The first kappa shape index (κ1) is 12.7. The van der Waals surface area contributed by atoms with Crippen molar-refractivity contribution in [3.8, 4) is 11.4 Å². The van der Waals surface area contributed by atoms with Crippen LogP contribution in [0.2, 0.25) is 5.02 Å². The van der Waals surface area contributed by atoms with Gasteiger partial charge in [0.05, 0.1) is 6.54 Å². The van der Waals surface area contributed by atoms with E-state index in [9.17, 15) is 0 Å². The maximum atomic E-state index is 5.87. The highest BCUT2D eigenvalue weighted by Crippen LogP contribution is 2.16. The number of benzene rings is 2. The van der Waals surface area contributed by atoms with E-state index >= 15 is 0 Å². The Morgan fingerprint density at radius 1 is 1.00 bits per heavy atom. The summed E-state index contributed by atoms with van der Waals surface area (Å²) in [6.45, 7) is 0.666. The van der Waals surface area contributed by atoms with Crippen molar-refractivity contribution in [2.45, 2.75) is 6.54 Å². The summed E-state index contributed by atoms with van der Waals surface area (Å²) in [6.07, 6.45) is 1.72. The lowest BCUT2D eigenvalue weighted by Gasteiger charge is -2.01. The number of anilines is 1. The normalized spacial score (nSPS) is 10.7. The van der Waals surface area contributed by atoms with Crippen LogP contribution in [0.1, 0.15) is 5.56 Å². The molecule has 1 heterocycles. The van der Waals surface area contributed by atoms with Crippen LogP contribution in [0.15, 0.2) is 54.9 Å². The van der Waals surface area contributed by atoms with Crippen LogP contribution in [0, 0.1) is 0 Å². The second-order valence-electron chi connectivity index (χ2n) is 4.51. The molecule has 2 aromatic carbocycles. The molecule has 0 atom stereocenters. The molecule has 3 rings (SSSR count). The highest BCUT2D eigenvalue weighted by molar-refractivity contribution is 6.30. The Hall–Kier alpha value is -2.33. The van der Waals surface area contributed by atoms with E-state index in [2.05, 4.69) is 10.1 Å². The van der Waals surface area contributed by atoms with Gasteiger partial charge in [0.1, 0.15) is 6.33 Å². The minimum atomic E-state index is 0.666. The van der Waals surface area contributed by atoms with E-state index < -0.39 is 0 Å². The van der Waals surface area contributed by atoms with Crippen molar-refractivity contribution in [2.75, 3.05) is 5.73 Å². The molecule has 0 aliphatic heterocycles. The number of aromatic nitrogens is 3. The SMILES string of the molecule is Nc1ccc(-c2ncn(Cc3ccc(Cl)cc3)n2)cc1. The molecule has 0 amide bonds. The molecule has 5 heteroatoms. The number of hydrogen-bond donors (Lipinski definition) is 1. The highest BCUT2D eigenvalue weighted by Gasteiger charge is 2.04. The van der Waals surface area contributed by atoms with Crippen LogP contribution in [0.3, 0.4) is 0 Å². The number of hydrogen-bond acceptors (Lipinski definition) is 3. The van der Waals surface area contributed by atoms with Gasteiger partial charge in [-0.1, -0.05) is 23.7 Å². The average molecular weight is 285 g/mol. The zero-order valence-corrected chi connectivity index (χ0v) is 11.5. The van der Waals surface area contributed by atoms with Gasteiger partial charge in [-0.3, -0.25) is 0 Å². The summed E-state index contributed by atoms with van der Waals surface area (Å²) >= 11 is 5.87. The highest BCUT2D eigenvalue weighted by atomic mass is 35.5. The minimum absolute atomic E-state index is 0.666. The molecule has 4 nitrogen and oxygen atoms in total. The Morgan fingerprint density at radius 2 is 1.70 bits per heavy atom. The summed E-state index contributed by atoms with van der Waals surface area (Å²) in [5.74, 6) is 0.693. The van der Waals surface area contributed by atoms with Crippen LogP contribution < -0.4 is 5.73 Å². The quantitative estimate of drug-likeness (QED) is 0.751. The lowest BCUT2D eigenvalue weighted by atomic mass is 10.2. The maximum absolute atomic E-state index is 5.87. The van der Waals surface area contributed by atoms with E-state index in [1.807, 2.05) is 48.5 Å². The lowest BCUT2D eigenvalue weighted by Crippen LogP contribution is -2.00. The molecule has 100 valence electrons. The second kappa shape index (κ2) is 5.35. The molecule has 3 aromatic rings. The van der Waals surface area contributed by atoms with Gasteiger partial charge >= 0.3 is 0 Å². The molecule has 2 N–H and O–H groups in total.